The molecular weight excluding hydrogens is 161 g/mol. The lowest BCUT2D eigenvalue weighted by Crippen LogP contribution is -2.34. The van der Waals surface area contributed by atoms with Gasteiger partial charge in [0.1, 0.15) is 18.0 Å². The molecule has 4 heteroatoms. The highest BCUT2D eigenvalue weighted by atomic mass is 19.1. The maximum absolute atomic E-state index is 12.4. The van der Waals surface area contributed by atoms with Crippen LogP contribution in [0.15, 0.2) is 10.6 Å². The molecule has 2 rings (SSSR count). The minimum atomic E-state index is -0.692. The summed E-state index contributed by atoms with van der Waals surface area (Å²) in [6.07, 6.45) is 0.255. The van der Waals surface area contributed by atoms with Gasteiger partial charge in [-0.2, -0.15) is 0 Å². The van der Waals surface area contributed by atoms with Crippen molar-refractivity contribution in [3.8, 4) is 5.88 Å². The molecule has 0 unspecified atom stereocenters. The normalized spacial score (nSPS) is 28.2. The van der Waals surface area contributed by atoms with Gasteiger partial charge in [-0.05, 0) is 12.1 Å². The van der Waals surface area contributed by atoms with E-state index in [-0.39, 0.29) is 6.10 Å². The number of hydrogen-bond acceptors (Lipinski definition) is 3. The molecule has 66 valence electrons. The van der Waals surface area contributed by atoms with Crippen molar-refractivity contribution in [1.29, 1.82) is 0 Å². The second-order valence-corrected chi connectivity index (χ2v) is 3.08. The van der Waals surface area contributed by atoms with Crippen LogP contribution in [0.4, 0.5) is 4.39 Å². The molecule has 1 aliphatic rings. The molecule has 3 nitrogen and oxygen atoms in total. The molecule has 1 aromatic rings. The third kappa shape index (κ3) is 1.42. The molecular formula is C8H10FNO2. The van der Waals surface area contributed by atoms with E-state index >= 15 is 0 Å². The van der Waals surface area contributed by atoms with Crippen LogP contribution in [0.2, 0.25) is 0 Å². The number of nitrogens with zero attached hydrogens (tertiary/aromatic N) is 1. The Labute approximate surface area is 69.5 Å². The SMILES string of the molecule is Cc1cc(OC2CC(F)C2)no1. The predicted molar refractivity (Wildman–Crippen MR) is 39.8 cm³/mol. The third-order valence-corrected chi connectivity index (χ3v) is 1.93. The van der Waals surface area contributed by atoms with Crippen molar-refractivity contribution in [2.75, 3.05) is 0 Å². The van der Waals surface area contributed by atoms with Crippen molar-refractivity contribution < 1.29 is 13.7 Å². The van der Waals surface area contributed by atoms with Crippen LogP contribution in [0.3, 0.4) is 0 Å². The number of aromatic nitrogens is 1. The highest BCUT2D eigenvalue weighted by Crippen LogP contribution is 2.27. The van der Waals surface area contributed by atoms with Gasteiger partial charge in [0.2, 0.25) is 0 Å². The van der Waals surface area contributed by atoms with Crippen molar-refractivity contribution in [2.24, 2.45) is 0 Å². The van der Waals surface area contributed by atoms with Gasteiger partial charge in [0, 0.05) is 18.9 Å². The summed E-state index contributed by atoms with van der Waals surface area (Å²) < 4.78 is 22.4. The van der Waals surface area contributed by atoms with Crippen LogP contribution in [0, 0.1) is 6.92 Å². The van der Waals surface area contributed by atoms with E-state index in [9.17, 15) is 4.39 Å². The summed E-state index contributed by atoms with van der Waals surface area (Å²) in [6, 6.07) is 1.70. The highest BCUT2D eigenvalue weighted by Gasteiger charge is 2.31. The van der Waals surface area contributed by atoms with E-state index in [1.54, 1.807) is 13.0 Å². The average Bonchev–Trinajstić information content (AvgIpc) is 2.33. The maximum Gasteiger partial charge on any atom is 0.254 e. The Balaban J connectivity index is 1.88. The first-order valence-corrected chi connectivity index (χ1v) is 3.98. The summed E-state index contributed by atoms with van der Waals surface area (Å²) in [5.74, 6) is 1.17. The summed E-state index contributed by atoms with van der Waals surface area (Å²) >= 11 is 0. The van der Waals surface area contributed by atoms with E-state index in [1.165, 1.54) is 0 Å². The molecule has 1 fully saturated rings. The van der Waals surface area contributed by atoms with Gasteiger partial charge in [-0.1, -0.05) is 0 Å². The van der Waals surface area contributed by atoms with Gasteiger partial charge in [0.05, 0.1) is 0 Å². The molecule has 1 saturated carbocycles. The third-order valence-electron chi connectivity index (χ3n) is 1.93. The van der Waals surface area contributed by atoms with Gasteiger partial charge in [-0.15, -0.1) is 0 Å². The monoisotopic (exact) mass is 171 g/mol. The van der Waals surface area contributed by atoms with Gasteiger partial charge in [0.15, 0.2) is 0 Å². The highest BCUT2D eigenvalue weighted by molar-refractivity contribution is 5.10. The number of alkyl halides is 1. The van der Waals surface area contributed by atoms with Crippen molar-refractivity contribution in [3.05, 3.63) is 11.8 Å². The minimum absolute atomic E-state index is 0.00972. The van der Waals surface area contributed by atoms with Gasteiger partial charge >= 0.3 is 0 Å². The number of ether oxygens (including phenoxy) is 1. The summed E-state index contributed by atoms with van der Waals surface area (Å²) in [4.78, 5) is 0. The van der Waals surface area contributed by atoms with Crippen LogP contribution in [0.25, 0.3) is 0 Å². The fourth-order valence-corrected chi connectivity index (χ4v) is 1.17. The van der Waals surface area contributed by atoms with Gasteiger partial charge in [0.25, 0.3) is 5.88 Å². The fourth-order valence-electron chi connectivity index (χ4n) is 1.17. The van der Waals surface area contributed by atoms with Crippen LogP contribution in [0.5, 0.6) is 5.88 Å². The van der Waals surface area contributed by atoms with E-state index in [4.69, 9.17) is 9.26 Å². The number of hydrogen-bond donors (Lipinski definition) is 0. The molecule has 0 spiro atoms. The number of aryl methyl sites for hydroxylation is 1. The van der Waals surface area contributed by atoms with Crippen LogP contribution in [0.1, 0.15) is 18.6 Å². The second-order valence-electron chi connectivity index (χ2n) is 3.08. The van der Waals surface area contributed by atoms with Crippen molar-refractivity contribution in [3.63, 3.8) is 0 Å². The molecule has 0 aromatic carbocycles. The first-order chi connectivity index (χ1) is 5.74. The minimum Gasteiger partial charge on any atom is -0.472 e. The number of halogens is 1. The largest absolute Gasteiger partial charge is 0.472 e. The molecule has 0 N–H and O–H groups in total. The molecule has 0 atom stereocenters. The first kappa shape index (κ1) is 7.58. The Hall–Kier alpha value is -1.06. The van der Waals surface area contributed by atoms with Crippen LogP contribution >= 0.6 is 0 Å². The Morgan fingerprint density at radius 2 is 2.42 bits per heavy atom. The smallest absolute Gasteiger partial charge is 0.254 e. The average molecular weight is 171 g/mol. The van der Waals surface area contributed by atoms with E-state index in [1.807, 2.05) is 0 Å². The zero-order chi connectivity index (χ0) is 8.55. The Morgan fingerprint density at radius 1 is 1.67 bits per heavy atom. The quantitative estimate of drug-likeness (QED) is 0.681. The summed E-state index contributed by atoms with van der Waals surface area (Å²) in [7, 11) is 0. The topological polar surface area (TPSA) is 35.3 Å². The van der Waals surface area contributed by atoms with E-state index in [0.717, 1.165) is 0 Å². The van der Waals surface area contributed by atoms with Crippen molar-refractivity contribution in [2.45, 2.75) is 32.0 Å². The number of rotatable bonds is 2. The van der Waals surface area contributed by atoms with Crippen LogP contribution in [-0.2, 0) is 0 Å². The van der Waals surface area contributed by atoms with Crippen LogP contribution in [-0.4, -0.2) is 17.4 Å². The van der Waals surface area contributed by atoms with E-state index < -0.39 is 6.17 Å². The molecule has 12 heavy (non-hydrogen) atoms. The molecule has 0 aliphatic heterocycles. The summed E-state index contributed by atoms with van der Waals surface area (Å²) in [5.41, 5.74) is 0. The summed E-state index contributed by atoms with van der Waals surface area (Å²) in [6.45, 7) is 1.79. The lowest BCUT2D eigenvalue weighted by molar-refractivity contribution is 0.0354. The van der Waals surface area contributed by atoms with Gasteiger partial charge in [-0.3, -0.25) is 0 Å². The van der Waals surface area contributed by atoms with Crippen LogP contribution < -0.4 is 4.74 Å². The molecule has 1 aromatic heterocycles. The Bertz CT molecular complexity index is 268. The molecule has 0 saturated heterocycles. The fraction of sp³-hybridized carbons (Fsp3) is 0.625. The van der Waals surface area contributed by atoms with Crippen molar-refractivity contribution >= 4 is 0 Å². The first-order valence-electron chi connectivity index (χ1n) is 3.98. The zero-order valence-electron chi connectivity index (χ0n) is 6.79. The Morgan fingerprint density at radius 3 is 2.92 bits per heavy atom. The molecule has 1 aliphatic carbocycles. The van der Waals surface area contributed by atoms with Gasteiger partial charge in [-0.25, -0.2) is 4.39 Å². The Kier molecular flexibility index (Phi) is 1.75. The lowest BCUT2D eigenvalue weighted by Gasteiger charge is -2.28. The van der Waals surface area contributed by atoms with E-state index in [0.29, 0.717) is 24.5 Å². The molecule has 0 bridgehead atoms. The zero-order valence-corrected chi connectivity index (χ0v) is 6.79. The van der Waals surface area contributed by atoms with E-state index in [2.05, 4.69) is 5.16 Å². The molecule has 1 heterocycles. The summed E-state index contributed by atoms with van der Waals surface area (Å²) in [5, 5.41) is 3.64. The second kappa shape index (κ2) is 2.77. The predicted octanol–water partition coefficient (Wildman–Crippen LogP) is 1.86. The van der Waals surface area contributed by atoms with Crippen molar-refractivity contribution in [1.82, 2.24) is 5.16 Å². The lowest BCUT2D eigenvalue weighted by atomic mass is 9.94. The van der Waals surface area contributed by atoms with Gasteiger partial charge < -0.3 is 9.26 Å². The molecule has 0 amide bonds. The standard InChI is InChI=1S/C8H10FNO2/c1-5-2-8(10-12-5)11-7-3-6(9)4-7/h2,6-7H,3-4H2,1H3. The maximum atomic E-state index is 12.4. The molecule has 0 radical (unpaired) electrons.